The molecule has 0 saturated carbocycles. The van der Waals surface area contributed by atoms with Crippen LogP contribution in [0.2, 0.25) is 0 Å². The Morgan fingerprint density at radius 3 is 1.27 bits per heavy atom. The van der Waals surface area contributed by atoms with Crippen molar-refractivity contribution in [2.24, 2.45) is 0 Å². The third kappa shape index (κ3) is 33.7. The van der Waals surface area contributed by atoms with Crippen LogP contribution in [0.4, 0.5) is 24.9 Å². The van der Waals surface area contributed by atoms with E-state index in [9.17, 15) is 36.6 Å². The molecule has 528 valence electrons. The van der Waals surface area contributed by atoms with E-state index in [0.29, 0.717) is 45.6 Å². The molecule has 0 aromatic carbocycles. The van der Waals surface area contributed by atoms with Crippen molar-refractivity contribution in [3.05, 3.63) is 97.6 Å². The average Bonchev–Trinajstić information content (AvgIpc) is 1.64. The first kappa shape index (κ1) is 91.1. The Balaban J connectivity index is -0.00000116. The number of fused-ring (bicyclic) bond motifs is 3. The van der Waals surface area contributed by atoms with E-state index in [4.69, 9.17) is 29.2 Å². The summed E-state index contributed by atoms with van der Waals surface area (Å²) in [6.07, 6.45) is -0.760. The molecule has 0 radical (unpaired) electrons. The Labute approximate surface area is 611 Å². The Hall–Kier alpha value is -5.93. The van der Waals surface area contributed by atoms with E-state index < -0.39 is 55.9 Å². The van der Waals surface area contributed by atoms with Gasteiger partial charge in [-0.05, 0) is 204 Å². The van der Waals surface area contributed by atoms with Gasteiger partial charge in [-0.3, -0.25) is 4.79 Å². The molecule has 7 aromatic heterocycles. The van der Waals surface area contributed by atoms with Crippen LogP contribution in [0.3, 0.4) is 0 Å². The van der Waals surface area contributed by atoms with Gasteiger partial charge >= 0.3 is 59.9 Å². The van der Waals surface area contributed by atoms with Gasteiger partial charge in [0.2, 0.25) is 11.1 Å². The number of aromatic nitrogens is 7. The summed E-state index contributed by atoms with van der Waals surface area (Å²) in [5, 5.41) is -0.0199. The van der Waals surface area contributed by atoms with Crippen LogP contribution in [0.1, 0.15) is 144 Å². The first-order chi connectivity index (χ1) is 41.9. The van der Waals surface area contributed by atoms with E-state index in [2.05, 4.69) is 87.4 Å². The number of nitrogen functional groups attached to an aromatic ring is 1. The van der Waals surface area contributed by atoms with E-state index in [-0.39, 0.29) is 99.8 Å². The monoisotopic (exact) mass is 1570 g/mol. The van der Waals surface area contributed by atoms with E-state index in [1.54, 1.807) is 90.3 Å². The number of carbonyl (C=O) groups excluding carboxylic acids is 5. The van der Waals surface area contributed by atoms with Gasteiger partial charge in [0.05, 0.1) is 77.7 Å². The maximum absolute atomic E-state index is 12.4. The molecule has 0 aliphatic heterocycles. The predicted octanol–water partition coefficient (Wildman–Crippen LogP) is 11.9. The molecule has 0 aliphatic carbocycles. The molecule has 0 spiro atoms. The standard InChI is InChI=1S/C18H25N3O6S.C14H18BrN3O2.C14H19N3O4S.C9H19NO2.C5H4Br2N2.3CH4.Na.H/c1-18(2,3)27-17(23)21(4)11-12-10-14-13(19-12)6-7-15(20-14)28(24,25)9-8-16(22)26-5;1-14(2,3)20-13(19)18(4)8-9-7-11-10(16-9)5-6-12(15)17-11;1-14(2,3)21-13(18)17(4)8-9-7-11-10(15-9)5-6-12(16-11)22(19)20;1-6-7-10(5)8(11)12-9(2,3)4;6-4-2-1-3(8)5(7)9-4;;;;;/h6-7,10,19H,8-9,11H2,1-5H3;5-7,16H,8H2,1-4H3;5-7,15H,8H2,1-4H3,(H,19,20);6-7H2,1-5H3;1-2H,8H2;3*1H4;;/q;;;;;;;;+1;-1. The molecule has 4 amide bonds. The zero-order valence-electron chi connectivity index (χ0n) is 56.7. The molecule has 6 N–H and O–H groups in total. The number of halogens is 3. The number of rotatable bonds is 13. The van der Waals surface area contributed by atoms with E-state index >= 15 is 0 Å². The van der Waals surface area contributed by atoms with Gasteiger partial charge in [-0.15, -0.1) is 0 Å². The van der Waals surface area contributed by atoms with Crippen LogP contribution >= 0.6 is 47.8 Å². The zero-order valence-corrected chi connectivity index (χ0v) is 64.1. The van der Waals surface area contributed by atoms with Gasteiger partial charge in [-0.2, -0.15) is 0 Å². The molecule has 0 aliphatic rings. The molecule has 0 fully saturated rings. The summed E-state index contributed by atoms with van der Waals surface area (Å²) in [6, 6.07) is 18.9. The summed E-state index contributed by atoms with van der Waals surface area (Å²) in [5.74, 6) is -0.977. The van der Waals surface area contributed by atoms with Crippen LogP contribution < -0.4 is 35.3 Å². The summed E-state index contributed by atoms with van der Waals surface area (Å²) in [4.78, 5) is 90.4. The number of amides is 4. The second-order valence-electron chi connectivity index (χ2n) is 24.4. The number of sulfone groups is 1. The minimum atomic E-state index is -3.71. The quantitative estimate of drug-likeness (QED) is 0.0235. The summed E-state index contributed by atoms with van der Waals surface area (Å²) < 4.78 is 72.5. The molecule has 0 bridgehead atoms. The number of methoxy groups -OCH3 is 1. The van der Waals surface area contributed by atoms with Crippen LogP contribution in [0.5, 0.6) is 0 Å². The van der Waals surface area contributed by atoms with E-state index in [1.807, 2.05) is 87.4 Å². The molecular weight excluding hydrogens is 1480 g/mol. The molecule has 32 heteroatoms. The predicted molar refractivity (Wildman–Crippen MR) is 381 cm³/mol. The molecule has 26 nitrogen and oxygen atoms in total. The van der Waals surface area contributed by atoms with Crippen molar-refractivity contribution in [2.75, 3.05) is 53.3 Å². The number of ether oxygens (including phenoxy) is 5. The number of H-pyrrole nitrogens is 3. The fourth-order valence-corrected chi connectivity index (χ4v) is 9.96. The number of esters is 1. The maximum atomic E-state index is 12.4. The van der Waals surface area contributed by atoms with Gasteiger partial charge in [-0.25, -0.2) is 51.7 Å². The first-order valence-electron chi connectivity index (χ1n) is 28.2. The van der Waals surface area contributed by atoms with Crippen LogP contribution in [-0.2, 0) is 69.0 Å². The smallest absolute Gasteiger partial charge is 1.00 e. The number of aromatic amines is 3. The van der Waals surface area contributed by atoms with Gasteiger partial charge < -0.3 is 69.9 Å². The third-order valence-electron chi connectivity index (χ3n) is 11.3. The van der Waals surface area contributed by atoms with Gasteiger partial charge in [-0.1, -0.05) is 29.2 Å². The topological polar surface area (TPSA) is 341 Å². The maximum Gasteiger partial charge on any atom is 1.00 e. The van der Waals surface area contributed by atoms with Crippen LogP contribution in [-0.4, -0.2) is 172 Å². The molecule has 7 rings (SSSR count). The number of nitrogens with one attached hydrogen (secondary N) is 3. The molecule has 7 heterocycles. The molecule has 7 aromatic rings. The number of nitrogens with zero attached hydrogens (tertiary/aromatic N) is 8. The Morgan fingerprint density at radius 1 is 0.568 bits per heavy atom. The second-order valence-corrected chi connectivity index (χ2v) is 29.8. The number of nitrogens with two attached hydrogens (primary N) is 1. The summed E-state index contributed by atoms with van der Waals surface area (Å²) in [5.41, 5.74) is 10.7. The fraction of sp³-hybridized carbons (Fsp3) is 0.508. The summed E-state index contributed by atoms with van der Waals surface area (Å²) in [6.45, 7) is 25.7. The van der Waals surface area contributed by atoms with Crippen molar-refractivity contribution in [1.29, 1.82) is 0 Å². The first-order valence-corrected chi connectivity index (χ1v) is 33.4. The van der Waals surface area contributed by atoms with E-state index in [0.717, 1.165) is 50.1 Å². The Morgan fingerprint density at radius 2 is 0.916 bits per heavy atom. The largest absolute Gasteiger partial charge is 1.00 e. The number of carbonyl (C=O) groups is 5. The van der Waals surface area contributed by atoms with Crippen LogP contribution in [0.15, 0.2) is 90.6 Å². The van der Waals surface area contributed by atoms with Gasteiger partial charge in [0, 0.05) is 51.8 Å². The van der Waals surface area contributed by atoms with Crippen molar-refractivity contribution in [3.8, 4) is 0 Å². The number of hydrogen-bond acceptors (Lipinski definition) is 18. The van der Waals surface area contributed by atoms with Crippen LogP contribution in [0, 0.1) is 0 Å². The van der Waals surface area contributed by atoms with Crippen molar-refractivity contribution < 1.29 is 95.8 Å². The molecule has 1 atom stereocenters. The number of pyridine rings is 4. The van der Waals surface area contributed by atoms with E-state index in [1.165, 1.54) is 33.9 Å². The van der Waals surface area contributed by atoms with Crippen molar-refractivity contribution >= 4 is 138 Å². The third-order valence-corrected chi connectivity index (χ3v) is 15.0. The normalized spacial score (nSPS) is 11.3. The van der Waals surface area contributed by atoms with Crippen molar-refractivity contribution in [3.63, 3.8) is 0 Å². The second kappa shape index (κ2) is 40.1. The Bertz CT molecular complexity index is 3760. The molecule has 1 unspecified atom stereocenters. The molecule has 0 saturated heterocycles. The van der Waals surface area contributed by atoms with Crippen molar-refractivity contribution in [1.82, 2.24) is 54.5 Å². The zero-order chi connectivity index (χ0) is 69.1. The fourth-order valence-electron chi connectivity index (χ4n) is 7.25. The Kier molecular flexibility index (Phi) is 38.4. The minimum Gasteiger partial charge on any atom is -1.00 e. The molecule has 95 heavy (non-hydrogen) atoms. The average molecular weight is 1570 g/mol. The summed E-state index contributed by atoms with van der Waals surface area (Å²) >= 11 is 7.60. The summed E-state index contributed by atoms with van der Waals surface area (Å²) in [7, 11) is 4.19. The SMILES string of the molecule is C.C.C.CCCN(C)C(=O)OC(C)(C)C.CN(Cc1cc2nc(Br)ccc2[nH]1)C(=O)OC(C)(C)C.CN(Cc1cc2nc(S(=O)O)ccc2[nH]1)C(=O)OC(C)(C)C.COC(=O)CCS(=O)(=O)c1ccc2[nH]c(CN(C)C(=O)OC(C)(C)C)cc2n1.Nc1ccc(Br)nc1Br.[H-].[Na+]. The van der Waals surface area contributed by atoms with Crippen molar-refractivity contribution in [2.45, 2.75) is 177 Å². The number of hydrogen-bond donors (Lipinski definition) is 5. The minimum absolute atomic E-state index is 0. The van der Waals surface area contributed by atoms with Gasteiger partial charge in [0.25, 0.3) is 0 Å². The van der Waals surface area contributed by atoms with Crippen LogP contribution in [0.25, 0.3) is 33.1 Å². The number of anilines is 1. The van der Waals surface area contributed by atoms with Gasteiger partial charge in [0.15, 0.2) is 19.9 Å². The molecular formula is C63H98Br3N12NaO14S2. The van der Waals surface area contributed by atoms with Gasteiger partial charge in [0.1, 0.15) is 36.2 Å².